The largest absolute Gasteiger partial charge is 0.368 e. The minimum Gasteiger partial charge on any atom is -0.368 e. The maximum Gasteiger partial charge on any atom is 0.238 e. The first kappa shape index (κ1) is 19.4. The third kappa shape index (κ3) is 3.54. The zero-order chi connectivity index (χ0) is 19.0. The molecule has 0 aromatic heterocycles. The van der Waals surface area contributed by atoms with Gasteiger partial charge in [0.25, 0.3) is 0 Å². The van der Waals surface area contributed by atoms with E-state index in [0.717, 1.165) is 32.5 Å². The fraction of sp³-hybridized carbons (Fsp3) is 0.682. The van der Waals surface area contributed by atoms with E-state index < -0.39 is 5.54 Å². The number of amides is 1. The molecule has 0 bridgehead atoms. The number of likely N-dealkylation sites (tertiary alicyclic amines) is 2. The van der Waals surface area contributed by atoms with Crippen LogP contribution in [0.1, 0.15) is 65.4 Å². The van der Waals surface area contributed by atoms with Crippen LogP contribution < -0.4 is 5.73 Å². The lowest BCUT2D eigenvalue weighted by atomic mass is 9.67. The van der Waals surface area contributed by atoms with Crippen LogP contribution in [0, 0.1) is 0 Å². The summed E-state index contributed by atoms with van der Waals surface area (Å²) in [4.78, 5) is 17.8. The van der Waals surface area contributed by atoms with Gasteiger partial charge in [-0.3, -0.25) is 14.6 Å². The first-order valence-electron chi connectivity index (χ1n) is 10.0. The Morgan fingerprint density at radius 3 is 2.00 bits per heavy atom. The molecule has 26 heavy (non-hydrogen) atoms. The topological polar surface area (TPSA) is 49.6 Å². The van der Waals surface area contributed by atoms with E-state index >= 15 is 0 Å². The third-order valence-corrected chi connectivity index (χ3v) is 6.52. The average molecular weight is 358 g/mol. The standard InChI is InChI=1S/C22H35N3O/c1-20(2)16-22(19(23)26,24-13-9-6-10-14-24)17-21(3,4)25(20)15-18-11-7-5-8-12-18/h5,7-8,11-12H,6,9-10,13-17H2,1-4H3,(H2,23,26). The second kappa shape index (κ2) is 6.97. The Bertz CT molecular complexity index is 614. The number of piperidine rings is 2. The molecule has 3 rings (SSSR count). The Labute approximate surface area is 158 Å². The Hall–Kier alpha value is -1.39. The van der Waals surface area contributed by atoms with Crippen LogP contribution in [-0.2, 0) is 11.3 Å². The maximum absolute atomic E-state index is 12.8. The first-order chi connectivity index (χ1) is 12.2. The van der Waals surface area contributed by atoms with Crippen molar-refractivity contribution in [3.63, 3.8) is 0 Å². The van der Waals surface area contributed by atoms with Crippen LogP contribution in [0.3, 0.4) is 0 Å². The van der Waals surface area contributed by atoms with Crippen LogP contribution in [0.15, 0.2) is 30.3 Å². The number of primary amides is 1. The van der Waals surface area contributed by atoms with Crippen LogP contribution in [0.4, 0.5) is 0 Å². The summed E-state index contributed by atoms with van der Waals surface area (Å²) in [7, 11) is 0. The van der Waals surface area contributed by atoms with Crippen LogP contribution in [0.5, 0.6) is 0 Å². The molecular formula is C22H35N3O. The normalized spacial score (nSPS) is 25.7. The van der Waals surface area contributed by atoms with Crippen molar-refractivity contribution in [3.05, 3.63) is 35.9 Å². The third-order valence-electron chi connectivity index (χ3n) is 6.52. The van der Waals surface area contributed by atoms with Crippen LogP contribution in [-0.4, -0.2) is 45.4 Å². The van der Waals surface area contributed by atoms with Crippen molar-refractivity contribution >= 4 is 5.91 Å². The van der Waals surface area contributed by atoms with Gasteiger partial charge in [0.15, 0.2) is 0 Å². The second-order valence-corrected chi connectivity index (χ2v) is 9.49. The molecule has 4 heteroatoms. The Morgan fingerprint density at radius 2 is 1.50 bits per heavy atom. The molecule has 2 heterocycles. The highest BCUT2D eigenvalue weighted by molar-refractivity contribution is 5.85. The summed E-state index contributed by atoms with van der Waals surface area (Å²) in [6.07, 6.45) is 5.20. The molecule has 0 unspecified atom stereocenters. The molecule has 1 aromatic carbocycles. The SMILES string of the molecule is CC1(C)CC(C(N)=O)(N2CCCCC2)CC(C)(C)N1Cc1ccccc1. The average Bonchev–Trinajstić information content (AvgIpc) is 2.59. The molecule has 0 saturated carbocycles. The van der Waals surface area contributed by atoms with Gasteiger partial charge in [-0.05, 0) is 72.0 Å². The van der Waals surface area contributed by atoms with Gasteiger partial charge in [-0.1, -0.05) is 36.8 Å². The van der Waals surface area contributed by atoms with Crippen molar-refractivity contribution in [1.82, 2.24) is 9.80 Å². The molecule has 144 valence electrons. The van der Waals surface area contributed by atoms with E-state index in [1.54, 1.807) is 0 Å². The van der Waals surface area contributed by atoms with E-state index in [9.17, 15) is 4.79 Å². The Kier molecular flexibility index (Phi) is 5.19. The molecule has 0 spiro atoms. The van der Waals surface area contributed by atoms with E-state index in [1.807, 2.05) is 0 Å². The van der Waals surface area contributed by atoms with Crippen molar-refractivity contribution in [2.45, 2.75) is 83.0 Å². The van der Waals surface area contributed by atoms with E-state index in [0.29, 0.717) is 0 Å². The minimum absolute atomic E-state index is 0.107. The lowest BCUT2D eigenvalue weighted by Gasteiger charge is -2.61. The zero-order valence-corrected chi connectivity index (χ0v) is 16.9. The molecule has 4 nitrogen and oxygen atoms in total. The number of nitrogens with zero attached hydrogens (tertiary/aromatic N) is 2. The van der Waals surface area contributed by atoms with Crippen molar-refractivity contribution in [3.8, 4) is 0 Å². The van der Waals surface area contributed by atoms with Gasteiger partial charge in [-0.2, -0.15) is 0 Å². The summed E-state index contributed by atoms with van der Waals surface area (Å²) >= 11 is 0. The lowest BCUT2D eigenvalue weighted by molar-refractivity contribution is -0.153. The molecule has 1 aromatic rings. The van der Waals surface area contributed by atoms with E-state index in [-0.39, 0.29) is 17.0 Å². The van der Waals surface area contributed by atoms with E-state index in [1.165, 1.54) is 24.8 Å². The van der Waals surface area contributed by atoms with Crippen molar-refractivity contribution in [1.29, 1.82) is 0 Å². The predicted octanol–water partition coefficient (Wildman–Crippen LogP) is 3.55. The fourth-order valence-electron chi connectivity index (χ4n) is 5.57. The number of nitrogens with two attached hydrogens (primary N) is 1. The molecule has 2 saturated heterocycles. The monoisotopic (exact) mass is 357 g/mol. The van der Waals surface area contributed by atoms with Crippen molar-refractivity contribution < 1.29 is 4.79 Å². The highest BCUT2D eigenvalue weighted by atomic mass is 16.1. The summed E-state index contributed by atoms with van der Waals surface area (Å²) in [6.45, 7) is 12.0. The highest BCUT2D eigenvalue weighted by Crippen LogP contribution is 2.47. The van der Waals surface area contributed by atoms with Crippen molar-refractivity contribution in [2.24, 2.45) is 5.73 Å². The number of hydrogen-bond donors (Lipinski definition) is 1. The summed E-state index contributed by atoms with van der Waals surface area (Å²) in [5.74, 6) is -0.139. The van der Waals surface area contributed by atoms with Gasteiger partial charge < -0.3 is 5.73 Å². The van der Waals surface area contributed by atoms with Gasteiger partial charge in [-0.15, -0.1) is 0 Å². The maximum atomic E-state index is 12.8. The van der Waals surface area contributed by atoms with Gasteiger partial charge in [0, 0.05) is 17.6 Å². The van der Waals surface area contributed by atoms with Crippen molar-refractivity contribution in [2.75, 3.05) is 13.1 Å². The van der Waals surface area contributed by atoms with Gasteiger partial charge in [-0.25, -0.2) is 0 Å². The molecule has 2 fully saturated rings. The fourth-order valence-corrected chi connectivity index (χ4v) is 5.57. The van der Waals surface area contributed by atoms with Crippen LogP contribution in [0.2, 0.25) is 0 Å². The van der Waals surface area contributed by atoms with E-state index in [2.05, 4.69) is 67.8 Å². The number of rotatable bonds is 4. The molecule has 2 aliphatic heterocycles. The number of benzene rings is 1. The Balaban J connectivity index is 1.93. The summed E-state index contributed by atoms with van der Waals surface area (Å²) in [5.41, 5.74) is 6.65. The summed E-state index contributed by atoms with van der Waals surface area (Å²) in [5, 5.41) is 0. The van der Waals surface area contributed by atoms with Gasteiger partial charge in [0.05, 0.1) is 0 Å². The Morgan fingerprint density at radius 1 is 0.962 bits per heavy atom. The molecule has 0 aliphatic carbocycles. The number of hydrogen-bond acceptors (Lipinski definition) is 3. The number of carbonyl (C=O) groups is 1. The first-order valence-corrected chi connectivity index (χ1v) is 10.0. The molecule has 0 atom stereocenters. The smallest absolute Gasteiger partial charge is 0.238 e. The molecule has 2 aliphatic rings. The van der Waals surface area contributed by atoms with Gasteiger partial charge >= 0.3 is 0 Å². The highest BCUT2D eigenvalue weighted by Gasteiger charge is 2.57. The molecule has 2 N–H and O–H groups in total. The second-order valence-electron chi connectivity index (χ2n) is 9.49. The summed E-state index contributed by atoms with van der Waals surface area (Å²) in [6, 6.07) is 10.6. The summed E-state index contributed by atoms with van der Waals surface area (Å²) < 4.78 is 0. The zero-order valence-electron chi connectivity index (χ0n) is 16.9. The quantitative estimate of drug-likeness (QED) is 0.896. The predicted molar refractivity (Wildman–Crippen MR) is 107 cm³/mol. The van der Waals surface area contributed by atoms with Gasteiger partial charge in [0.2, 0.25) is 5.91 Å². The van der Waals surface area contributed by atoms with Crippen LogP contribution in [0.25, 0.3) is 0 Å². The molecular weight excluding hydrogens is 322 g/mol. The lowest BCUT2D eigenvalue weighted by Crippen LogP contribution is -2.72. The molecule has 1 amide bonds. The minimum atomic E-state index is -0.527. The molecule has 0 radical (unpaired) electrons. The van der Waals surface area contributed by atoms with Crippen LogP contribution >= 0.6 is 0 Å². The number of carbonyl (C=O) groups excluding carboxylic acids is 1. The van der Waals surface area contributed by atoms with Gasteiger partial charge in [0.1, 0.15) is 5.54 Å². The van der Waals surface area contributed by atoms with E-state index in [4.69, 9.17) is 5.73 Å².